The van der Waals surface area contributed by atoms with Crippen molar-refractivity contribution >= 4 is 40.3 Å². The predicted octanol–water partition coefficient (Wildman–Crippen LogP) is 6.03. The van der Waals surface area contributed by atoms with Gasteiger partial charge in [0.2, 0.25) is 0 Å². The van der Waals surface area contributed by atoms with Crippen LogP contribution in [0, 0.1) is 19.7 Å². The van der Waals surface area contributed by atoms with Crippen molar-refractivity contribution in [3.63, 3.8) is 0 Å². The Morgan fingerprint density at radius 2 is 1.84 bits per heavy atom. The first-order valence-electron chi connectivity index (χ1n) is 10.3. The molecule has 1 aromatic heterocycles. The Labute approximate surface area is 196 Å². The molecule has 0 atom stereocenters. The molecule has 2 heterocycles. The first-order chi connectivity index (χ1) is 15.4. The molecule has 7 heteroatoms. The molecular weight excluding hydrogens is 443 g/mol. The molecule has 0 aliphatic carbocycles. The van der Waals surface area contributed by atoms with Gasteiger partial charge in [0.05, 0.1) is 4.91 Å². The Hall–Kier alpha value is -2.90. The van der Waals surface area contributed by atoms with E-state index in [0.29, 0.717) is 27.1 Å². The molecule has 0 unspecified atom stereocenters. The number of carbonyl (C=O) groups excluding carboxylic acids is 1. The van der Waals surface area contributed by atoms with Crippen LogP contribution in [-0.4, -0.2) is 26.2 Å². The number of carbonyl (C=O) groups is 1. The van der Waals surface area contributed by atoms with Gasteiger partial charge in [0.25, 0.3) is 5.91 Å². The number of aryl methyl sites for hydroxylation is 1. The number of amides is 1. The summed E-state index contributed by atoms with van der Waals surface area (Å²) in [5.74, 6) is 0.359. The smallest absolute Gasteiger partial charge is 0.266 e. The maximum atomic E-state index is 13.8. The van der Waals surface area contributed by atoms with E-state index in [2.05, 4.69) is 10.6 Å². The molecular formula is C25H23FN2O2S2. The van der Waals surface area contributed by atoms with Crippen LogP contribution in [0.1, 0.15) is 29.4 Å². The molecule has 1 amide bonds. The van der Waals surface area contributed by atoms with Crippen LogP contribution in [0.15, 0.2) is 59.5 Å². The number of aromatic nitrogens is 1. The van der Waals surface area contributed by atoms with Gasteiger partial charge in [-0.3, -0.25) is 9.69 Å². The molecule has 1 aliphatic rings. The van der Waals surface area contributed by atoms with Gasteiger partial charge in [-0.15, -0.1) is 0 Å². The molecule has 3 aromatic rings. The van der Waals surface area contributed by atoms with Crippen molar-refractivity contribution in [1.29, 1.82) is 0 Å². The number of likely N-dealkylation sites (N-methyl/N-ethyl adjacent to an activating group) is 1. The van der Waals surface area contributed by atoms with Gasteiger partial charge in [-0.25, -0.2) is 4.39 Å². The zero-order valence-corrected chi connectivity index (χ0v) is 19.7. The highest BCUT2D eigenvalue weighted by Crippen LogP contribution is 2.34. The van der Waals surface area contributed by atoms with Crippen molar-refractivity contribution in [3.8, 4) is 11.4 Å². The minimum Gasteiger partial charge on any atom is -0.489 e. The Morgan fingerprint density at radius 3 is 2.50 bits per heavy atom. The molecule has 0 spiro atoms. The molecule has 32 heavy (non-hydrogen) atoms. The number of thioether (sulfide) groups is 1. The summed E-state index contributed by atoms with van der Waals surface area (Å²) in [6.45, 7) is 6.73. The van der Waals surface area contributed by atoms with Crippen LogP contribution >= 0.6 is 24.0 Å². The fraction of sp³-hybridized carbons (Fsp3) is 0.200. The quantitative estimate of drug-likeness (QED) is 0.328. The van der Waals surface area contributed by atoms with E-state index in [1.54, 1.807) is 23.1 Å². The van der Waals surface area contributed by atoms with Gasteiger partial charge in [0.15, 0.2) is 0 Å². The van der Waals surface area contributed by atoms with Gasteiger partial charge in [-0.05, 0) is 68.8 Å². The fourth-order valence-electron chi connectivity index (χ4n) is 3.71. The van der Waals surface area contributed by atoms with Crippen molar-refractivity contribution in [2.75, 3.05) is 6.54 Å². The zero-order chi connectivity index (χ0) is 22.8. The number of hydrogen-bond acceptors (Lipinski definition) is 4. The minimum atomic E-state index is -0.272. The molecule has 4 nitrogen and oxygen atoms in total. The summed E-state index contributed by atoms with van der Waals surface area (Å²) < 4.78 is 22.3. The topological polar surface area (TPSA) is 34.5 Å². The van der Waals surface area contributed by atoms with E-state index in [4.69, 9.17) is 17.0 Å². The van der Waals surface area contributed by atoms with Crippen molar-refractivity contribution < 1.29 is 13.9 Å². The van der Waals surface area contributed by atoms with E-state index in [1.807, 2.05) is 51.1 Å². The van der Waals surface area contributed by atoms with E-state index >= 15 is 0 Å². The van der Waals surface area contributed by atoms with Gasteiger partial charge in [-0.2, -0.15) is 0 Å². The lowest BCUT2D eigenvalue weighted by atomic mass is 10.2. The monoisotopic (exact) mass is 466 g/mol. The SMILES string of the molecule is CCN1C(=O)/C(=C/c2cc(C)n(-c3ccc(OCc4ccccc4F)cc3)c2C)SC1=S. The number of ether oxygens (including phenoxy) is 1. The van der Waals surface area contributed by atoms with Gasteiger partial charge in [0, 0.05) is 29.2 Å². The van der Waals surface area contributed by atoms with Gasteiger partial charge in [0.1, 0.15) is 22.5 Å². The highest BCUT2D eigenvalue weighted by atomic mass is 32.2. The first kappa shape index (κ1) is 22.3. The normalized spacial score (nSPS) is 15.1. The van der Waals surface area contributed by atoms with Crippen LogP contribution in [0.25, 0.3) is 11.8 Å². The third-order valence-electron chi connectivity index (χ3n) is 5.39. The summed E-state index contributed by atoms with van der Waals surface area (Å²) in [6.07, 6.45) is 1.92. The van der Waals surface area contributed by atoms with Crippen molar-refractivity contribution in [3.05, 3.63) is 87.8 Å². The summed E-state index contributed by atoms with van der Waals surface area (Å²) in [4.78, 5) is 14.8. The van der Waals surface area contributed by atoms with Crippen LogP contribution in [0.4, 0.5) is 4.39 Å². The number of nitrogens with zero attached hydrogens (tertiary/aromatic N) is 2. The van der Waals surface area contributed by atoms with Crippen LogP contribution in [0.3, 0.4) is 0 Å². The zero-order valence-electron chi connectivity index (χ0n) is 18.1. The molecule has 2 aromatic carbocycles. The maximum absolute atomic E-state index is 13.8. The van der Waals surface area contributed by atoms with Gasteiger partial charge < -0.3 is 9.30 Å². The van der Waals surface area contributed by atoms with E-state index < -0.39 is 0 Å². The summed E-state index contributed by atoms with van der Waals surface area (Å²) in [5, 5.41) is 0. The molecule has 4 rings (SSSR count). The van der Waals surface area contributed by atoms with Gasteiger partial charge >= 0.3 is 0 Å². The molecule has 1 fully saturated rings. The summed E-state index contributed by atoms with van der Waals surface area (Å²) in [5.41, 5.74) is 4.58. The van der Waals surface area contributed by atoms with E-state index in [1.165, 1.54) is 17.8 Å². The maximum Gasteiger partial charge on any atom is 0.266 e. The Morgan fingerprint density at radius 1 is 1.12 bits per heavy atom. The van der Waals surface area contributed by atoms with Crippen molar-refractivity contribution in [2.45, 2.75) is 27.4 Å². The van der Waals surface area contributed by atoms with E-state index in [-0.39, 0.29) is 18.3 Å². The Balaban J connectivity index is 1.54. The van der Waals surface area contributed by atoms with Crippen LogP contribution in [-0.2, 0) is 11.4 Å². The lowest BCUT2D eigenvalue weighted by Crippen LogP contribution is -2.27. The lowest BCUT2D eigenvalue weighted by molar-refractivity contribution is -0.121. The summed E-state index contributed by atoms with van der Waals surface area (Å²) >= 11 is 6.66. The molecule has 164 valence electrons. The molecule has 1 saturated heterocycles. The number of halogens is 1. The summed E-state index contributed by atoms with van der Waals surface area (Å²) in [7, 11) is 0. The average molecular weight is 467 g/mol. The molecule has 0 radical (unpaired) electrons. The lowest BCUT2D eigenvalue weighted by Gasteiger charge is -2.12. The second-order valence-corrected chi connectivity index (χ2v) is 9.14. The van der Waals surface area contributed by atoms with Crippen LogP contribution < -0.4 is 4.74 Å². The standard InChI is InChI=1S/C25H23FN2O2S2/c1-4-27-24(29)23(32-25(27)31)14-19-13-16(2)28(17(19)3)20-9-11-21(12-10-20)30-15-18-7-5-6-8-22(18)26/h5-14H,4,15H2,1-3H3/b23-14-. The molecule has 0 N–H and O–H groups in total. The highest BCUT2D eigenvalue weighted by molar-refractivity contribution is 8.26. The number of thiocarbonyl (C=S) groups is 1. The Bertz CT molecular complexity index is 1220. The van der Waals surface area contributed by atoms with E-state index in [0.717, 1.165) is 22.6 Å². The molecule has 1 aliphatic heterocycles. The fourth-order valence-corrected chi connectivity index (χ4v) is 5.09. The largest absolute Gasteiger partial charge is 0.489 e. The van der Waals surface area contributed by atoms with Gasteiger partial charge in [-0.1, -0.05) is 42.2 Å². The highest BCUT2D eigenvalue weighted by Gasteiger charge is 2.30. The van der Waals surface area contributed by atoms with Crippen molar-refractivity contribution in [2.24, 2.45) is 0 Å². The predicted molar refractivity (Wildman–Crippen MR) is 132 cm³/mol. The molecule has 0 bridgehead atoms. The number of benzene rings is 2. The third kappa shape index (κ3) is 4.36. The number of rotatable bonds is 6. The Kier molecular flexibility index (Phi) is 6.48. The minimum absolute atomic E-state index is 0.0383. The van der Waals surface area contributed by atoms with Crippen LogP contribution in [0.5, 0.6) is 5.75 Å². The number of hydrogen-bond donors (Lipinski definition) is 0. The van der Waals surface area contributed by atoms with Crippen molar-refractivity contribution in [1.82, 2.24) is 9.47 Å². The second-order valence-electron chi connectivity index (χ2n) is 7.46. The summed E-state index contributed by atoms with van der Waals surface area (Å²) in [6, 6.07) is 16.4. The third-order valence-corrected chi connectivity index (χ3v) is 6.77. The average Bonchev–Trinajstić information content (AvgIpc) is 3.21. The first-order valence-corrected chi connectivity index (χ1v) is 11.5. The van der Waals surface area contributed by atoms with Crippen LogP contribution in [0.2, 0.25) is 0 Å². The molecule has 0 saturated carbocycles. The second kappa shape index (κ2) is 9.30. The van der Waals surface area contributed by atoms with E-state index in [9.17, 15) is 9.18 Å².